The first-order valence-corrected chi connectivity index (χ1v) is 14.3. The van der Waals surface area contributed by atoms with Crippen LogP contribution >= 0.6 is 0 Å². The molecule has 2 aliphatic rings. The number of sulfonamides is 1. The highest BCUT2D eigenvalue weighted by Crippen LogP contribution is 2.37. The fraction of sp³-hybridized carbons (Fsp3) is 0.296. The highest BCUT2D eigenvalue weighted by atomic mass is 32.2. The number of carbonyl (C=O) groups is 1. The number of carbonyl (C=O) groups excluding carboxylic acids is 1. The number of nitrogens with one attached hydrogen (secondary N) is 1. The third kappa shape index (κ3) is 4.86. The van der Waals surface area contributed by atoms with Crippen LogP contribution in [0.1, 0.15) is 41.4 Å². The average Bonchev–Trinajstić information content (AvgIpc) is 3.69. The molecular formula is C27H26F2N6O4S. The molecule has 0 aliphatic carbocycles. The number of benzene rings is 1. The van der Waals surface area contributed by atoms with Gasteiger partial charge in [0.15, 0.2) is 0 Å². The monoisotopic (exact) mass is 568 g/mol. The van der Waals surface area contributed by atoms with E-state index in [0.29, 0.717) is 49.6 Å². The first kappa shape index (κ1) is 26.1. The molecule has 1 aromatic carbocycles. The number of pyridine rings is 2. The van der Waals surface area contributed by atoms with E-state index in [9.17, 15) is 27.1 Å². The molecule has 5 heterocycles. The van der Waals surface area contributed by atoms with Crippen LogP contribution < -0.4 is 14.5 Å². The van der Waals surface area contributed by atoms with Gasteiger partial charge in [0.2, 0.25) is 0 Å². The van der Waals surface area contributed by atoms with Crippen LogP contribution in [-0.4, -0.2) is 59.5 Å². The number of imidazole rings is 1. The van der Waals surface area contributed by atoms with Crippen molar-refractivity contribution < 1.29 is 27.1 Å². The van der Waals surface area contributed by atoms with Gasteiger partial charge in [0.1, 0.15) is 33.7 Å². The second-order valence-corrected chi connectivity index (χ2v) is 11.6. The van der Waals surface area contributed by atoms with E-state index in [1.54, 1.807) is 18.3 Å². The van der Waals surface area contributed by atoms with Crippen LogP contribution in [0.3, 0.4) is 0 Å². The lowest BCUT2D eigenvalue weighted by Crippen LogP contribution is -2.31. The second kappa shape index (κ2) is 10.1. The number of hydrogen-bond acceptors (Lipinski definition) is 8. The minimum absolute atomic E-state index is 0.0104. The van der Waals surface area contributed by atoms with Gasteiger partial charge in [0.25, 0.3) is 15.9 Å². The molecule has 2 N–H and O–H groups in total. The minimum Gasteiger partial charge on any atom is -0.391 e. The Labute approximate surface area is 228 Å². The summed E-state index contributed by atoms with van der Waals surface area (Å²) in [7, 11) is -4.24. The predicted octanol–water partition coefficient (Wildman–Crippen LogP) is 3.04. The van der Waals surface area contributed by atoms with E-state index in [4.69, 9.17) is 0 Å². The van der Waals surface area contributed by atoms with E-state index in [2.05, 4.69) is 14.7 Å². The summed E-state index contributed by atoms with van der Waals surface area (Å²) < 4.78 is 57.9. The molecule has 0 radical (unpaired) electrons. The third-order valence-electron chi connectivity index (χ3n) is 7.37. The van der Waals surface area contributed by atoms with Gasteiger partial charge in [-0.15, -0.1) is 0 Å². The molecule has 4 aromatic rings. The molecule has 2 fully saturated rings. The topological polar surface area (TPSA) is 120 Å². The van der Waals surface area contributed by atoms with Crippen LogP contribution in [0, 0.1) is 11.6 Å². The third-order valence-corrected chi connectivity index (χ3v) is 8.69. The predicted molar refractivity (Wildman–Crippen MR) is 143 cm³/mol. The molecule has 0 bridgehead atoms. The number of aliphatic hydroxyl groups excluding tert-OH is 1. The van der Waals surface area contributed by atoms with Crippen LogP contribution in [0.15, 0.2) is 66.0 Å². The fourth-order valence-electron chi connectivity index (χ4n) is 5.38. The largest absolute Gasteiger partial charge is 0.391 e. The second-order valence-electron chi connectivity index (χ2n) is 9.95. The summed E-state index contributed by atoms with van der Waals surface area (Å²) in [5.74, 6) is -1.36. The molecule has 2 atom stereocenters. The number of anilines is 2. The van der Waals surface area contributed by atoms with Crippen molar-refractivity contribution in [2.24, 2.45) is 0 Å². The SMILES string of the molecule is O=C(NS(=O)(=O)c1ccc(N2CC[C@H](O)C2)nc1)c1cnc2ccc(N3CCCC3c3cc(F)ccc3F)cn12. The van der Waals surface area contributed by atoms with E-state index in [1.165, 1.54) is 35.0 Å². The molecular weight excluding hydrogens is 542 g/mol. The van der Waals surface area contributed by atoms with Crippen molar-refractivity contribution in [2.45, 2.75) is 36.3 Å². The van der Waals surface area contributed by atoms with Gasteiger partial charge in [-0.2, -0.15) is 0 Å². The maximum atomic E-state index is 14.6. The molecule has 3 aromatic heterocycles. The zero-order chi connectivity index (χ0) is 28.0. The number of aliphatic hydroxyl groups is 1. The number of β-amino-alcohol motifs (C(OH)–C–C–N with tert-alkyl or cyclic N) is 1. The molecule has 0 spiro atoms. The summed E-state index contributed by atoms with van der Waals surface area (Å²) in [5.41, 5.74) is 1.31. The quantitative estimate of drug-likeness (QED) is 0.364. The Morgan fingerprint density at radius 1 is 1.02 bits per heavy atom. The lowest BCUT2D eigenvalue weighted by molar-refractivity contribution is 0.0975. The molecule has 6 rings (SSSR count). The molecule has 208 valence electrons. The molecule has 13 heteroatoms. The molecule has 0 saturated carbocycles. The smallest absolute Gasteiger partial charge is 0.283 e. The number of halogens is 2. The summed E-state index contributed by atoms with van der Waals surface area (Å²) in [6.07, 6.45) is 5.63. The molecule has 40 heavy (non-hydrogen) atoms. The van der Waals surface area contributed by atoms with Gasteiger partial charge < -0.3 is 14.9 Å². The van der Waals surface area contributed by atoms with Gasteiger partial charge >= 0.3 is 0 Å². The number of hydrogen-bond donors (Lipinski definition) is 2. The Morgan fingerprint density at radius 3 is 2.62 bits per heavy atom. The first-order valence-electron chi connectivity index (χ1n) is 12.8. The number of amides is 1. The fourth-order valence-corrected chi connectivity index (χ4v) is 6.28. The maximum absolute atomic E-state index is 14.6. The first-order chi connectivity index (χ1) is 19.2. The van der Waals surface area contributed by atoms with Gasteiger partial charge in [-0.1, -0.05) is 0 Å². The number of aromatic nitrogens is 3. The van der Waals surface area contributed by atoms with Crippen molar-refractivity contribution in [2.75, 3.05) is 29.4 Å². The number of fused-ring (bicyclic) bond motifs is 1. The number of rotatable bonds is 6. The average molecular weight is 569 g/mol. The minimum atomic E-state index is -4.24. The van der Waals surface area contributed by atoms with E-state index in [1.807, 2.05) is 9.80 Å². The molecule has 1 unspecified atom stereocenters. The van der Waals surface area contributed by atoms with Crippen molar-refractivity contribution in [3.63, 3.8) is 0 Å². The van der Waals surface area contributed by atoms with E-state index >= 15 is 0 Å². The van der Waals surface area contributed by atoms with Gasteiger partial charge in [-0.25, -0.2) is 31.9 Å². The highest BCUT2D eigenvalue weighted by molar-refractivity contribution is 7.90. The van der Waals surface area contributed by atoms with Crippen LogP contribution in [0.2, 0.25) is 0 Å². The summed E-state index contributed by atoms with van der Waals surface area (Å²) in [4.78, 5) is 25.1. The molecule has 2 aliphatic heterocycles. The van der Waals surface area contributed by atoms with Crippen molar-refractivity contribution in [1.82, 2.24) is 19.1 Å². The maximum Gasteiger partial charge on any atom is 0.283 e. The van der Waals surface area contributed by atoms with Gasteiger partial charge in [0, 0.05) is 37.6 Å². The lowest BCUT2D eigenvalue weighted by atomic mass is 10.0. The standard InChI is InChI=1S/C27H26F2N6O4S/c28-17-3-6-22(29)21(12-17)23-2-1-10-34(23)18-4-7-26-31-14-24(35(26)15-18)27(37)32-40(38,39)20-5-8-25(30-13-20)33-11-9-19(36)16-33/h3-8,12-15,19,23,36H,1-2,9-11,16H2,(H,32,37)/t19-,23?/m0/s1. The number of nitrogens with zero attached hydrogens (tertiary/aromatic N) is 5. The van der Waals surface area contributed by atoms with E-state index < -0.39 is 39.7 Å². The molecule has 10 nitrogen and oxygen atoms in total. The van der Waals surface area contributed by atoms with Crippen molar-refractivity contribution in [3.8, 4) is 0 Å². The molecule has 1 amide bonds. The Morgan fingerprint density at radius 2 is 1.88 bits per heavy atom. The normalized spacial score (nSPS) is 19.5. The molecule has 2 saturated heterocycles. The van der Waals surface area contributed by atoms with Gasteiger partial charge in [-0.3, -0.25) is 9.20 Å². The summed E-state index contributed by atoms with van der Waals surface area (Å²) >= 11 is 0. The zero-order valence-corrected chi connectivity index (χ0v) is 22.1. The van der Waals surface area contributed by atoms with E-state index in [-0.39, 0.29) is 16.2 Å². The van der Waals surface area contributed by atoms with Crippen molar-refractivity contribution in [1.29, 1.82) is 0 Å². The Hall–Kier alpha value is -4.10. The van der Waals surface area contributed by atoms with Crippen LogP contribution in [0.25, 0.3) is 5.65 Å². The zero-order valence-electron chi connectivity index (χ0n) is 21.2. The van der Waals surface area contributed by atoms with Gasteiger partial charge in [-0.05, 0) is 61.7 Å². The van der Waals surface area contributed by atoms with Crippen LogP contribution in [0.5, 0.6) is 0 Å². The van der Waals surface area contributed by atoms with E-state index in [0.717, 1.165) is 18.6 Å². The van der Waals surface area contributed by atoms with Crippen LogP contribution in [0.4, 0.5) is 20.3 Å². The van der Waals surface area contributed by atoms with Crippen molar-refractivity contribution in [3.05, 3.63) is 83.9 Å². The van der Waals surface area contributed by atoms with Crippen molar-refractivity contribution >= 4 is 33.1 Å². The van der Waals surface area contributed by atoms with Crippen LogP contribution in [-0.2, 0) is 10.0 Å². The summed E-state index contributed by atoms with van der Waals surface area (Å²) in [5, 5.41) is 9.72. The van der Waals surface area contributed by atoms with Gasteiger partial charge in [0.05, 0.1) is 24.0 Å². The lowest BCUT2D eigenvalue weighted by Gasteiger charge is -2.27. The highest BCUT2D eigenvalue weighted by Gasteiger charge is 2.30. The Bertz CT molecular complexity index is 1700. The Kier molecular flexibility index (Phi) is 6.62. The Balaban J connectivity index is 1.24. The summed E-state index contributed by atoms with van der Waals surface area (Å²) in [6.45, 7) is 1.63. The summed E-state index contributed by atoms with van der Waals surface area (Å²) in [6, 6.07) is 9.35.